The minimum Gasteiger partial charge on any atom is -0.493 e. The number of benzene rings is 1. The maximum Gasteiger partial charge on any atom is 0.162 e. The first-order valence-corrected chi connectivity index (χ1v) is 7.71. The average molecular weight is 300 g/mol. The summed E-state index contributed by atoms with van der Waals surface area (Å²) in [6, 6.07) is 3.82. The van der Waals surface area contributed by atoms with Crippen LogP contribution in [0.5, 0.6) is 11.5 Å². The van der Waals surface area contributed by atoms with Crippen molar-refractivity contribution in [2.45, 2.75) is 39.0 Å². The summed E-state index contributed by atoms with van der Waals surface area (Å²) in [6.07, 6.45) is 5.88. The Kier molecular flexibility index (Phi) is 8.47. The van der Waals surface area contributed by atoms with Gasteiger partial charge in [0, 0.05) is 11.1 Å². The van der Waals surface area contributed by atoms with Gasteiger partial charge in [0.25, 0.3) is 0 Å². The van der Waals surface area contributed by atoms with Gasteiger partial charge in [-0.2, -0.15) is 0 Å². The topological polar surface area (TPSA) is 30.5 Å². The second-order valence-electron chi connectivity index (χ2n) is 4.82. The molecular weight excluding hydrogens is 274 g/mol. The highest BCUT2D eigenvalue weighted by Gasteiger charge is 2.09. The summed E-state index contributed by atoms with van der Waals surface area (Å²) in [5.74, 6) is 1.44. The number of nitrogens with one attached hydrogen (secondary N) is 1. The van der Waals surface area contributed by atoms with Gasteiger partial charge in [-0.15, -0.1) is 0 Å². The zero-order valence-electron chi connectivity index (χ0n) is 12.8. The minimum atomic E-state index is 0.687. The second-order valence-corrected chi connectivity index (χ2v) is 5.22. The molecule has 114 valence electrons. The fourth-order valence-electron chi connectivity index (χ4n) is 2.18. The van der Waals surface area contributed by atoms with E-state index in [0.717, 1.165) is 42.3 Å². The zero-order valence-corrected chi connectivity index (χ0v) is 13.6. The number of ether oxygens (including phenoxy) is 2. The number of hydrogen-bond donors (Lipinski definition) is 1. The number of rotatable bonds is 10. The Morgan fingerprint density at radius 3 is 2.30 bits per heavy atom. The van der Waals surface area contributed by atoms with Gasteiger partial charge in [-0.3, -0.25) is 0 Å². The van der Waals surface area contributed by atoms with Gasteiger partial charge >= 0.3 is 0 Å². The van der Waals surface area contributed by atoms with Crippen molar-refractivity contribution in [2.24, 2.45) is 0 Å². The van der Waals surface area contributed by atoms with E-state index in [4.69, 9.17) is 21.1 Å². The molecule has 1 aromatic carbocycles. The normalized spacial score (nSPS) is 10.6. The summed E-state index contributed by atoms with van der Waals surface area (Å²) >= 11 is 6.27. The third-order valence-corrected chi connectivity index (χ3v) is 3.70. The molecule has 0 saturated carbocycles. The van der Waals surface area contributed by atoms with Crippen molar-refractivity contribution in [1.82, 2.24) is 5.32 Å². The first kappa shape index (κ1) is 17.1. The van der Waals surface area contributed by atoms with Gasteiger partial charge in [0.2, 0.25) is 0 Å². The SMILES string of the molecule is CCNCCCCCCc1cc(OC)c(OC)cc1Cl. The Balaban J connectivity index is 2.40. The number of aryl methyl sites for hydroxylation is 1. The number of unbranched alkanes of at least 4 members (excludes halogenated alkanes) is 3. The third kappa shape index (κ3) is 5.59. The summed E-state index contributed by atoms with van der Waals surface area (Å²) in [5.41, 5.74) is 1.14. The van der Waals surface area contributed by atoms with E-state index in [1.165, 1.54) is 19.3 Å². The number of methoxy groups -OCH3 is 2. The first-order valence-electron chi connectivity index (χ1n) is 7.34. The number of halogens is 1. The molecule has 0 amide bonds. The molecule has 0 radical (unpaired) electrons. The lowest BCUT2D eigenvalue weighted by Gasteiger charge is -2.11. The van der Waals surface area contributed by atoms with Crippen molar-refractivity contribution in [3.05, 3.63) is 22.7 Å². The molecule has 20 heavy (non-hydrogen) atoms. The van der Waals surface area contributed by atoms with Crippen LogP contribution in [0.2, 0.25) is 5.02 Å². The van der Waals surface area contributed by atoms with Crippen LogP contribution in [0, 0.1) is 0 Å². The fraction of sp³-hybridized carbons (Fsp3) is 0.625. The molecule has 0 aliphatic carbocycles. The predicted octanol–water partition coefficient (Wildman–Crippen LogP) is 4.07. The third-order valence-electron chi connectivity index (χ3n) is 3.35. The van der Waals surface area contributed by atoms with Crippen LogP contribution in [0.25, 0.3) is 0 Å². The summed E-state index contributed by atoms with van der Waals surface area (Å²) in [5, 5.41) is 4.10. The quantitative estimate of drug-likeness (QED) is 0.661. The van der Waals surface area contributed by atoms with Crippen LogP contribution in [-0.2, 0) is 6.42 Å². The highest BCUT2D eigenvalue weighted by molar-refractivity contribution is 6.31. The fourth-order valence-corrected chi connectivity index (χ4v) is 2.43. The van der Waals surface area contributed by atoms with Crippen molar-refractivity contribution in [3.8, 4) is 11.5 Å². The Morgan fingerprint density at radius 1 is 1.00 bits per heavy atom. The van der Waals surface area contributed by atoms with Gasteiger partial charge in [0.1, 0.15) is 0 Å². The van der Waals surface area contributed by atoms with Crippen LogP contribution >= 0.6 is 11.6 Å². The Bertz CT molecular complexity index is 396. The molecule has 0 aromatic heterocycles. The molecule has 0 bridgehead atoms. The molecule has 0 heterocycles. The Labute approximate surface area is 127 Å². The molecule has 1 rings (SSSR count). The molecule has 1 aromatic rings. The average Bonchev–Trinajstić information content (AvgIpc) is 2.47. The predicted molar refractivity (Wildman–Crippen MR) is 85.3 cm³/mol. The molecule has 0 unspecified atom stereocenters. The van der Waals surface area contributed by atoms with E-state index in [1.807, 2.05) is 12.1 Å². The van der Waals surface area contributed by atoms with Gasteiger partial charge in [0.05, 0.1) is 14.2 Å². The zero-order chi connectivity index (χ0) is 14.8. The molecule has 0 aliphatic heterocycles. The van der Waals surface area contributed by atoms with E-state index in [1.54, 1.807) is 14.2 Å². The van der Waals surface area contributed by atoms with E-state index in [2.05, 4.69) is 12.2 Å². The van der Waals surface area contributed by atoms with Gasteiger partial charge in [0.15, 0.2) is 11.5 Å². The van der Waals surface area contributed by atoms with E-state index >= 15 is 0 Å². The largest absolute Gasteiger partial charge is 0.493 e. The summed E-state index contributed by atoms with van der Waals surface area (Å²) in [6.45, 7) is 4.31. The van der Waals surface area contributed by atoms with Crippen LogP contribution in [0.4, 0.5) is 0 Å². The summed E-state index contributed by atoms with van der Waals surface area (Å²) < 4.78 is 10.5. The Hall–Kier alpha value is -0.930. The lowest BCUT2D eigenvalue weighted by atomic mass is 10.1. The van der Waals surface area contributed by atoms with Gasteiger partial charge in [-0.1, -0.05) is 31.4 Å². The molecule has 0 spiro atoms. The van der Waals surface area contributed by atoms with Crippen molar-refractivity contribution in [1.29, 1.82) is 0 Å². The van der Waals surface area contributed by atoms with Crippen LogP contribution in [0.3, 0.4) is 0 Å². The number of hydrogen-bond acceptors (Lipinski definition) is 3. The van der Waals surface area contributed by atoms with Crippen molar-refractivity contribution >= 4 is 11.6 Å². The van der Waals surface area contributed by atoms with Gasteiger partial charge in [-0.05, 0) is 44.0 Å². The maximum atomic E-state index is 6.27. The molecule has 4 heteroatoms. The van der Waals surface area contributed by atoms with Crippen LogP contribution < -0.4 is 14.8 Å². The lowest BCUT2D eigenvalue weighted by molar-refractivity contribution is 0.354. The van der Waals surface area contributed by atoms with E-state index < -0.39 is 0 Å². The molecule has 1 N–H and O–H groups in total. The highest BCUT2D eigenvalue weighted by Crippen LogP contribution is 2.33. The molecule has 0 atom stereocenters. The summed E-state index contributed by atoms with van der Waals surface area (Å²) in [4.78, 5) is 0. The lowest BCUT2D eigenvalue weighted by Crippen LogP contribution is -2.13. The standard InChI is InChI=1S/C16H26ClNO2/c1-4-18-10-8-6-5-7-9-13-11-15(19-2)16(20-3)12-14(13)17/h11-12,18H,4-10H2,1-3H3. The molecule has 0 saturated heterocycles. The van der Waals surface area contributed by atoms with Crippen LogP contribution in [0.15, 0.2) is 12.1 Å². The second kappa shape index (κ2) is 9.89. The van der Waals surface area contributed by atoms with Crippen molar-refractivity contribution < 1.29 is 9.47 Å². The maximum absolute atomic E-state index is 6.27. The Morgan fingerprint density at radius 2 is 1.65 bits per heavy atom. The molecule has 0 fully saturated rings. The van der Waals surface area contributed by atoms with Crippen LogP contribution in [0.1, 0.15) is 38.2 Å². The van der Waals surface area contributed by atoms with Crippen molar-refractivity contribution in [2.75, 3.05) is 27.3 Å². The minimum absolute atomic E-state index is 0.687. The monoisotopic (exact) mass is 299 g/mol. The van der Waals surface area contributed by atoms with Crippen LogP contribution in [-0.4, -0.2) is 27.3 Å². The van der Waals surface area contributed by atoms with E-state index in [-0.39, 0.29) is 0 Å². The van der Waals surface area contributed by atoms with Gasteiger partial charge < -0.3 is 14.8 Å². The molecule has 3 nitrogen and oxygen atoms in total. The summed E-state index contributed by atoms with van der Waals surface area (Å²) in [7, 11) is 3.27. The smallest absolute Gasteiger partial charge is 0.162 e. The van der Waals surface area contributed by atoms with E-state index in [9.17, 15) is 0 Å². The highest BCUT2D eigenvalue weighted by atomic mass is 35.5. The van der Waals surface area contributed by atoms with E-state index in [0.29, 0.717) is 5.75 Å². The van der Waals surface area contributed by atoms with Gasteiger partial charge in [-0.25, -0.2) is 0 Å². The van der Waals surface area contributed by atoms with Crippen molar-refractivity contribution in [3.63, 3.8) is 0 Å². The first-order chi connectivity index (χ1) is 9.72. The molecule has 0 aliphatic rings. The molecular formula is C16H26ClNO2.